The van der Waals surface area contributed by atoms with E-state index in [2.05, 4.69) is 16.3 Å². The predicted molar refractivity (Wildman–Crippen MR) is 111 cm³/mol. The summed E-state index contributed by atoms with van der Waals surface area (Å²) >= 11 is 0. The van der Waals surface area contributed by atoms with Crippen LogP contribution in [0, 0.1) is 17.1 Å². The third-order valence-corrected chi connectivity index (χ3v) is 9.06. The summed E-state index contributed by atoms with van der Waals surface area (Å²) in [6.45, 7) is 2.57. The van der Waals surface area contributed by atoms with Gasteiger partial charge in [0.15, 0.2) is 0 Å². The number of fused-ring (bicyclic) bond motifs is 2. The van der Waals surface area contributed by atoms with Gasteiger partial charge >= 0.3 is 0 Å². The van der Waals surface area contributed by atoms with Crippen molar-refractivity contribution in [2.24, 2.45) is 5.84 Å². The average molecular weight is 436 g/mol. The predicted octanol–water partition coefficient (Wildman–Crippen LogP) is 2.11. The molecule has 1 aliphatic heterocycles. The number of likely N-dealkylation sites (tertiary alicyclic amines) is 1. The Morgan fingerprint density at radius 1 is 1.23 bits per heavy atom. The van der Waals surface area contributed by atoms with Crippen molar-refractivity contribution >= 4 is 10.0 Å². The van der Waals surface area contributed by atoms with Gasteiger partial charge in [0, 0.05) is 18.6 Å². The van der Waals surface area contributed by atoms with Crippen LogP contribution in [-0.2, 0) is 10.0 Å². The molecular formula is C21H30FN5O2S. The fraction of sp³-hybridized carbons (Fsp3) is 0.667. The van der Waals surface area contributed by atoms with Gasteiger partial charge in [-0.05, 0) is 82.2 Å². The second-order valence-electron chi connectivity index (χ2n) is 9.04. The summed E-state index contributed by atoms with van der Waals surface area (Å²) < 4.78 is 40.5. The molecule has 1 aromatic rings. The molecule has 1 aromatic carbocycles. The van der Waals surface area contributed by atoms with Gasteiger partial charge < -0.3 is 5.32 Å². The first-order valence-corrected chi connectivity index (χ1v) is 12.2. The summed E-state index contributed by atoms with van der Waals surface area (Å²) in [6, 6.07) is 7.22. The quantitative estimate of drug-likeness (QED) is 0.502. The van der Waals surface area contributed by atoms with Crippen LogP contribution in [-0.4, -0.2) is 54.5 Å². The molecule has 3 fully saturated rings. The van der Waals surface area contributed by atoms with Crippen LogP contribution in [0.1, 0.15) is 51.4 Å². The minimum atomic E-state index is -3.90. The fourth-order valence-corrected chi connectivity index (χ4v) is 7.14. The molecule has 3 aliphatic rings. The van der Waals surface area contributed by atoms with Gasteiger partial charge in [-0.2, -0.15) is 5.26 Å². The van der Waals surface area contributed by atoms with Crippen molar-refractivity contribution in [3.63, 3.8) is 0 Å². The van der Waals surface area contributed by atoms with Crippen molar-refractivity contribution in [3.8, 4) is 6.07 Å². The zero-order valence-electron chi connectivity index (χ0n) is 17.2. The zero-order chi connectivity index (χ0) is 21.4. The molecule has 7 nitrogen and oxygen atoms in total. The van der Waals surface area contributed by atoms with E-state index in [1.807, 2.05) is 0 Å². The number of hydrazine groups is 1. The molecule has 0 radical (unpaired) electrons. The number of benzene rings is 1. The number of sulfonamides is 1. The third kappa shape index (κ3) is 3.87. The lowest BCUT2D eigenvalue weighted by atomic mass is 9.79. The van der Waals surface area contributed by atoms with Crippen LogP contribution in [0.15, 0.2) is 29.2 Å². The van der Waals surface area contributed by atoms with Crippen LogP contribution in [0.4, 0.5) is 4.39 Å². The molecule has 3 atom stereocenters. The average Bonchev–Trinajstić information content (AvgIpc) is 3.30. The van der Waals surface area contributed by atoms with Gasteiger partial charge in [0.1, 0.15) is 5.82 Å². The van der Waals surface area contributed by atoms with Gasteiger partial charge in [0.25, 0.3) is 10.0 Å². The molecule has 30 heavy (non-hydrogen) atoms. The van der Waals surface area contributed by atoms with E-state index in [1.165, 1.54) is 12.1 Å². The Hall–Kier alpha value is -1.57. The highest BCUT2D eigenvalue weighted by molar-refractivity contribution is 7.89. The van der Waals surface area contributed by atoms with Crippen molar-refractivity contribution in [2.75, 3.05) is 19.6 Å². The van der Waals surface area contributed by atoms with Gasteiger partial charge in [-0.3, -0.25) is 10.7 Å². The fourth-order valence-electron chi connectivity index (χ4n) is 5.68. The zero-order valence-corrected chi connectivity index (χ0v) is 18.0. The van der Waals surface area contributed by atoms with E-state index in [4.69, 9.17) is 5.84 Å². The van der Waals surface area contributed by atoms with Crippen LogP contribution >= 0.6 is 0 Å². The van der Waals surface area contributed by atoms with E-state index >= 15 is 0 Å². The Bertz CT molecular complexity index is 918. The summed E-state index contributed by atoms with van der Waals surface area (Å²) in [4.78, 5) is 2.25. The second-order valence-corrected chi connectivity index (χ2v) is 10.9. The van der Waals surface area contributed by atoms with Crippen molar-refractivity contribution < 1.29 is 12.8 Å². The number of nitrogens with zero attached hydrogens (tertiary/aromatic N) is 3. The minimum absolute atomic E-state index is 0.0127. The molecule has 0 aromatic heterocycles. The molecule has 0 spiro atoms. The summed E-state index contributed by atoms with van der Waals surface area (Å²) in [5.41, 5.74) is -0.725. The first kappa shape index (κ1) is 21.7. The Balaban J connectivity index is 1.44. The van der Waals surface area contributed by atoms with Crippen LogP contribution in [0.2, 0.25) is 0 Å². The van der Waals surface area contributed by atoms with Gasteiger partial charge in [0.2, 0.25) is 0 Å². The number of hydrogen-bond acceptors (Lipinski definition) is 6. The van der Waals surface area contributed by atoms with E-state index < -0.39 is 21.4 Å². The smallest absolute Gasteiger partial charge is 0.256 e. The Kier molecular flexibility index (Phi) is 5.90. The molecular weight excluding hydrogens is 405 g/mol. The molecule has 2 bridgehead atoms. The molecule has 2 saturated carbocycles. The molecule has 2 aliphatic carbocycles. The van der Waals surface area contributed by atoms with E-state index in [1.54, 1.807) is 0 Å². The summed E-state index contributed by atoms with van der Waals surface area (Å²) in [6.07, 6.45) is 6.91. The van der Waals surface area contributed by atoms with Crippen molar-refractivity contribution in [2.45, 2.75) is 73.4 Å². The SMILES string of the molecule is N#CC1CCCN1CCNC12CCCC(N(N)S(=O)(=O)c3ccc(F)cc3)(CC1)C2. The molecule has 9 heteroatoms. The molecule has 3 N–H and O–H groups in total. The van der Waals surface area contributed by atoms with Crippen LogP contribution in [0.25, 0.3) is 0 Å². The molecule has 1 saturated heterocycles. The lowest BCUT2D eigenvalue weighted by Gasteiger charge is -2.44. The molecule has 3 unspecified atom stereocenters. The Morgan fingerprint density at radius 3 is 2.73 bits per heavy atom. The monoisotopic (exact) mass is 435 g/mol. The number of nitrogens with one attached hydrogen (secondary N) is 1. The highest BCUT2D eigenvalue weighted by Crippen LogP contribution is 2.51. The summed E-state index contributed by atoms with van der Waals surface area (Å²) in [5, 5.41) is 13.0. The number of halogens is 1. The van der Waals surface area contributed by atoms with Crippen LogP contribution < -0.4 is 11.2 Å². The van der Waals surface area contributed by atoms with E-state index in [0.29, 0.717) is 12.8 Å². The number of rotatable bonds is 7. The van der Waals surface area contributed by atoms with Gasteiger partial charge in [-0.1, -0.05) is 0 Å². The molecule has 1 heterocycles. The summed E-state index contributed by atoms with van der Waals surface area (Å²) in [5.74, 6) is 5.79. The van der Waals surface area contributed by atoms with Gasteiger partial charge in [0.05, 0.1) is 22.5 Å². The summed E-state index contributed by atoms with van der Waals surface area (Å²) in [7, 11) is -3.90. The molecule has 164 valence electrons. The number of nitriles is 1. The number of nitrogens with two attached hydrogens (primary N) is 1. The highest BCUT2D eigenvalue weighted by Gasteiger charge is 2.55. The topological polar surface area (TPSA) is 102 Å². The first-order chi connectivity index (χ1) is 14.3. The lowest BCUT2D eigenvalue weighted by Crippen LogP contribution is -2.59. The third-order valence-electron chi connectivity index (χ3n) is 7.28. The van der Waals surface area contributed by atoms with Crippen molar-refractivity contribution in [1.82, 2.24) is 14.6 Å². The maximum absolute atomic E-state index is 13.2. The lowest BCUT2D eigenvalue weighted by molar-refractivity contribution is 0.121. The molecule has 0 amide bonds. The number of hydrogen-bond donors (Lipinski definition) is 2. The highest BCUT2D eigenvalue weighted by atomic mass is 32.2. The largest absolute Gasteiger partial charge is 0.310 e. The second kappa shape index (κ2) is 8.17. The van der Waals surface area contributed by atoms with E-state index in [0.717, 1.165) is 74.7 Å². The maximum Gasteiger partial charge on any atom is 0.256 e. The van der Waals surface area contributed by atoms with Crippen molar-refractivity contribution in [1.29, 1.82) is 5.26 Å². The first-order valence-electron chi connectivity index (χ1n) is 10.7. The molecule has 4 rings (SSSR count). The van der Waals surface area contributed by atoms with Crippen molar-refractivity contribution in [3.05, 3.63) is 30.1 Å². The van der Waals surface area contributed by atoms with Crippen LogP contribution in [0.5, 0.6) is 0 Å². The Morgan fingerprint density at radius 2 is 2.00 bits per heavy atom. The normalized spacial score (nSPS) is 31.9. The van der Waals surface area contributed by atoms with Gasteiger partial charge in [-0.25, -0.2) is 12.8 Å². The standard InChI is InChI=1S/C21H30FN5O2S/c22-17-4-6-19(7-5-17)30(28,29)27(24)21-9-2-8-20(16-21,10-11-21)25-12-14-26-13-1-3-18(26)15-23/h4-7,18,25H,1-3,8-14,16,24H2. The maximum atomic E-state index is 13.2. The van der Waals surface area contributed by atoms with E-state index in [9.17, 15) is 18.1 Å². The van der Waals surface area contributed by atoms with Crippen LogP contribution in [0.3, 0.4) is 0 Å². The minimum Gasteiger partial charge on any atom is -0.310 e. The van der Waals surface area contributed by atoms with Gasteiger partial charge in [-0.15, -0.1) is 4.41 Å². The Labute approximate surface area is 178 Å². The van der Waals surface area contributed by atoms with E-state index in [-0.39, 0.29) is 16.5 Å².